The molecule has 0 aliphatic rings. The van der Waals surface area contributed by atoms with Crippen LogP contribution < -0.4 is 0 Å². The molecular formula is C4H2F3NO3S. The molecule has 0 atom stereocenters. The average Bonchev–Trinajstić information content (AvgIpc) is 1.85. The summed E-state index contributed by atoms with van der Waals surface area (Å²) in [6, 6.07) is 0. The van der Waals surface area contributed by atoms with E-state index < -0.39 is 27.8 Å². The summed E-state index contributed by atoms with van der Waals surface area (Å²) in [7, 11) is -4.55. The van der Waals surface area contributed by atoms with Crippen LogP contribution in [0.2, 0.25) is 0 Å². The van der Waals surface area contributed by atoms with Gasteiger partial charge < -0.3 is 4.18 Å². The Morgan fingerprint density at radius 3 is 2.25 bits per heavy atom. The van der Waals surface area contributed by atoms with Crippen LogP contribution in [0.3, 0.4) is 0 Å². The third-order valence-electron chi connectivity index (χ3n) is 0.673. The minimum absolute atomic E-state index is 0.730. The zero-order valence-corrected chi connectivity index (χ0v) is 6.24. The minimum atomic E-state index is -4.55. The summed E-state index contributed by atoms with van der Waals surface area (Å²) < 4.78 is 58.4. The molecule has 0 N–H and O–H groups in total. The van der Waals surface area contributed by atoms with Gasteiger partial charge in [0.1, 0.15) is 5.75 Å². The Morgan fingerprint density at radius 2 is 1.92 bits per heavy atom. The Balaban J connectivity index is 4.51. The lowest BCUT2D eigenvalue weighted by atomic mass is 10.7. The Bertz CT molecular complexity index is 324. The molecule has 0 aliphatic heterocycles. The van der Waals surface area contributed by atoms with E-state index in [1.807, 2.05) is 0 Å². The summed E-state index contributed by atoms with van der Waals surface area (Å²) in [5.74, 6) is -3.77. The van der Waals surface area contributed by atoms with Crippen LogP contribution in [0, 0.1) is 11.5 Å². The van der Waals surface area contributed by atoms with Crippen LogP contribution in [0.25, 0.3) is 0 Å². The van der Waals surface area contributed by atoms with Gasteiger partial charge in [0.05, 0.1) is 0 Å². The number of rotatable bonds is 3. The topological polar surface area (TPSA) is 67.2 Å². The molecule has 0 saturated carbocycles. The van der Waals surface area contributed by atoms with E-state index in [0.717, 1.165) is 6.26 Å². The summed E-state index contributed by atoms with van der Waals surface area (Å²) in [6.45, 7) is 0. The summed E-state index contributed by atoms with van der Waals surface area (Å²) in [5.41, 5.74) is 0. The van der Waals surface area contributed by atoms with Gasteiger partial charge in [-0.05, 0) is 0 Å². The summed E-state index contributed by atoms with van der Waals surface area (Å²) in [5, 5.41) is 7.68. The average molecular weight is 201 g/mol. The number of nitrogens with zero attached hydrogens (tertiary/aromatic N) is 1. The lowest BCUT2D eigenvalue weighted by Gasteiger charge is -1.94. The van der Waals surface area contributed by atoms with Crippen LogP contribution in [0.5, 0.6) is 0 Å². The molecule has 0 aliphatic carbocycles. The molecule has 12 heavy (non-hydrogen) atoms. The van der Waals surface area contributed by atoms with Gasteiger partial charge in [0, 0.05) is 0 Å². The third kappa shape index (κ3) is 3.82. The first-order chi connectivity index (χ1) is 5.39. The first kappa shape index (κ1) is 10.8. The van der Waals surface area contributed by atoms with Gasteiger partial charge >= 0.3 is 22.5 Å². The van der Waals surface area contributed by atoms with Gasteiger partial charge in [-0.1, -0.05) is 0 Å². The molecule has 68 valence electrons. The molecule has 0 radical (unpaired) electrons. The highest BCUT2D eigenvalue weighted by molar-refractivity contribution is 7.87. The number of nitriles is 1. The van der Waals surface area contributed by atoms with Crippen molar-refractivity contribution in [2.24, 2.45) is 0 Å². The summed E-state index contributed by atoms with van der Waals surface area (Å²) in [6.07, 6.45) is -2.02. The molecule has 0 rings (SSSR count). The first-order valence-corrected chi connectivity index (χ1v) is 3.96. The lowest BCUT2D eigenvalue weighted by Crippen LogP contribution is -2.08. The number of hydrogen-bond donors (Lipinski definition) is 0. The number of halogens is 3. The van der Waals surface area contributed by atoms with Crippen LogP contribution in [0.1, 0.15) is 0 Å². The fourth-order valence-corrected chi connectivity index (χ4v) is 0.888. The second-order valence-corrected chi connectivity index (χ2v) is 3.11. The zero-order chi connectivity index (χ0) is 9.78. The van der Waals surface area contributed by atoms with Gasteiger partial charge in [-0.3, -0.25) is 0 Å². The summed E-state index contributed by atoms with van der Waals surface area (Å²) in [4.78, 5) is 0. The van der Waals surface area contributed by atoms with Crippen LogP contribution >= 0.6 is 0 Å². The van der Waals surface area contributed by atoms with Crippen LogP contribution in [0.15, 0.2) is 11.9 Å². The molecule has 0 heterocycles. The van der Waals surface area contributed by atoms with E-state index >= 15 is 0 Å². The molecule has 8 heteroatoms. The molecule has 4 nitrogen and oxygen atoms in total. The van der Waals surface area contributed by atoms with E-state index in [-0.39, 0.29) is 0 Å². The van der Waals surface area contributed by atoms with Crippen molar-refractivity contribution in [3.8, 4) is 6.26 Å². The monoisotopic (exact) mass is 201 g/mol. The highest BCUT2D eigenvalue weighted by atomic mass is 32.2. The van der Waals surface area contributed by atoms with Gasteiger partial charge in [0.25, 0.3) is 0 Å². The van der Waals surface area contributed by atoms with Crippen molar-refractivity contribution in [1.29, 1.82) is 5.26 Å². The van der Waals surface area contributed by atoms with Crippen molar-refractivity contribution in [3.63, 3.8) is 0 Å². The highest BCUT2D eigenvalue weighted by Gasteiger charge is 2.18. The van der Waals surface area contributed by atoms with E-state index in [1.54, 1.807) is 0 Å². The molecule has 0 aromatic heterocycles. The van der Waals surface area contributed by atoms with Crippen LogP contribution in [-0.4, -0.2) is 14.2 Å². The highest BCUT2D eigenvalue weighted by Crippen LogP contribution is 2.11. The molecule has 0 spiro atoms. The smallest absolute Gasteiger partial charge is 0.302 e. The summed E-state index contributed by atoms with van der Waals surface area (Å²) >= 11 is 0. The molecular weight excluding hydrogens is 199 g/mol. The maximum Gasteiger partial charge on any atom is 0.325 e. The van der Waals surface area contributed by atoms with E-state index in [4.69, 9.17) is 5.26 Å². The maximum absolute atomic E-state index is 11.9. The van der Waals surface area contributed by atoms with Gasteiger partial charge in [-0.15, -0.1) is 5.26 Å². The van der Waals surface area contributed by atoms with E-state index in [2.05, 4.69) is 4.18 Å². The molecule has 0 bridgehead atoms. The van der Waals surface area contributed by atoms with Gasteiger partial charge in [0.15, 0.2) is 5.83 Å². The fraction of sp³-hybridized carbons (Fsp3) is 0.250. The molecule has 0 aromatic rings. The van der Waals surface area contributed by atoms with E-state index in [0.29, 0.717) is 0 Å². The van der Waals surface area contributed by atoms with Crippen LogP contribution in [0.4, 0.5) is 13.2 Å². The van der Waals surface area contributed by atoms with Crippen molar-refractivity contribution >= 4 is 10.1 Å². The van der Waals surface area contributed by atoms with Crippen molar-refractivity contribution in [1.82, 2.24) is 0 Å². The largest absolute Gasteiger partial charge is 0.325 e. The van der Waals surface area contributed by atoms with E-state index in [9.17, 15) is 21.6 Å². The van der Waals surface area contributed by atoms with Crippen molar-refractivity contribution in [3.05, 3.63) is 11.9 Å². The predicted octanol–water partition coefficient (Wildman–Crippen LogP) is 0.891. The third-order valence-corrected chi connectivity index (χ3v) is 1.61. The van der Waals surface area contributed by atoms with Crippen molar-refractivity contribution < 1.29 is 25.8 Å². The van der Waals surface area contributed by atoms with E-state index in [1.165, 1.54) is 0 Å². The Labute approximate surface area is 66.0 Å². The predicted molar refractivity (Wildman–Crippen MR) is 30.8 cm³/mol. The molecule has 0 amide bonds. The first-order valence-electron chi connectivity index (χ1n) is 2.39. The lowest BCUT2D eigenvalue weighted by molar-refractivity contribution is 0.377. The Kier molecular flexibility index (Phi) is 3.56. The quantitative estimate of drug-likeness (QED) is 0.502. The molecule has 0 unspecified atom stereocenters. The maximum atomic E-state index is 11.9. The standard InChI is InChI=1S/C4H2F3NO3S/c5-3(4(6)7)1-12(9,10)11-2-8/h1H2. The Morgan fingerprint density at radius 1 is 1.42 bits per heavy atom. The number of hydrogen-bond acceptors (Lipinski definition) is 4. The van der Waals surface area contributed by atoms with Crippen molar-refractivity contribution in [2.45, 2.75) is 0 Å². The normalized spacial score (nSPS) is 10.2. The zero-order valence-electron chi connectivity index (χ0n) is 5.42. The SMILES string of the molecule is N#COS(=O)(=O)CC(F)=C(F)F. The van der Waals surface area contributed by atoms with Gasteiger partial charge in [-0.2, -0.15) is 17.2 Å². The fourth-order valence-electron chi connectivity index (χ4n) is 0.296. The van der Waals surface area contributed by atoms with Gasteiger partial charge in [0.2, 0.25) is 0 Å². The molecule has 0 fully saturated rings. The minimum Gasteiger partial charge on any atom is -0.302 e. The van der Waals surface area contributed by atoms with Gasteiger partial charge in [-0.25, -0.2) is 4.39 Å². The molecule has 0 aromatic carbocycles. The molecule has 0 saturated heterocycles. The Hall–Kier alpha value is -1.23. The second kappa shape index (κ2) is 3.96. The second-order valence-electron chi connectivity index (χ2n) is 1.54. The van der Waals surface area contributed by atoms with Crippen molar-refractivity contribution in [2.75, 3.05) is 5.75 Å². The van der Waals surface area contributed by atoms with Crippen LogP contribution in [-0.2, 0) is 14.3 Å².